The van der Waals surface area contributed by atoms with Crippen molar-refractivity contribution < 1.29 is 33.3 Å². The summed E-state index contributed by atoms with van der Waals surface area (Å²) in [7, 11) is 4.52. The number of ether oxygens (including phenoxy) is 4. The number of fused-ring (bicyclic) bond motifs is 1. The number of methoxy groups -OCH3 is 2. The predicted octanol–water partition coefficient (Wildman–Crippen LogP) is 2.93. The maximum Gasteiger partial charge on any atom is 0.328 e. The van der Waals surface area contributed by atoms with Crippen molar-refractivity contribution in [2.75, 3.05) is 44.6 Å². The molecule has 0 aliphatic carbocycles. The smallest absolute Gasteiger partial charge is 0.328 e. The van der Waals surface area contributed by atoms with E-state index < -0.39 is 18.3 Å². The van der Waals surface area contributed by atoms with Gasteiger partial charge in [0.05, 0.1) is 12.3 Å². The van der Waals surface area contributed by atoms with Gasteiger partial charge in [0.25, 0.3) is 5.91 Å². The van der Waals surface area contributed by atoms with Crippen molar-refractivity contribution in [3.05, 3.63) is 40.7 Å². The number of aryl methyl sites for hydroxylation is 1. The fourth-order valence-electron chi connectivity index (χ4n) is 4.14. The van der Waals surface area contributed by atoms with Crippen LogP contribution in [0.4, 0.5) is 16.4 Å². The summed E-state index contributed by atoms with van der Waals surface area (Å²) in [5.74, 6) is 0.0465. The number of anilines is 2. The topological polar surface area (TPSA) is 156 Å². The van der Waals surface area contributed by atoms with E-state index in [2.05, 4.69) is 10.3 Å². The van der Waals surface area contributed by atoms with Crippen LogP contribution in [0.5, 0.6) is 5.75 Å². The first kappa shape index (κ1) is 30.3. The highest BCUT2D eigenvalue weighted by Gasteiger charge is 2.29. The number of nitrogens with zero attached hydrogens (tertiary/aromatic N) is 5. The summed E-state index contributed by atoms with van der Waals surface area (Å²) in [6, 6.07) is 4.97. The fourth-order valence-corrected chi connectivity index (χ4v) is 4.14. The molecule has 0 saturated carbocycles. The van der Waals surface area contributed by atoms with E-state index >= 15 is 0 Å². The van der Waals surface area contributed by atoms with E-state index in [0.29, 0.717) is 42.2 Å². The van der Waals surface area contributed by atoms with Crippen LogP contribution in [0.25, 0.3) is 0 Å². The Morgan fingerprint density at radius 1 is 1.23 bits per heavy atom. The summed E-state index contributed by atoms with van der Waals surface area (Å²) in [5, 5.41) is 12.1. The molecule has 3 heterocycles. The molecule has 0 radical (unpaired) electrons. The summed E-state index contributed by atoms with van der Waals surface area (Å²) in [4.78, 5) is 48.8. The van der Waals surface area contributed by atoms with Gasteiger partial charge < -0.3 is 23.8 Å². The van der Waals surface area contributed by atoms with Crippen molar-refractivity contribution in [2.45, 2.75) is 52.6 Å². The lowest BCUT2D eigenvalue weighted by molar-refractivity contribution is -0.149. The molecule has 0 fully saturated rings. The molecule has 13 nitrogen and oxygen atoms in total. The van der Waals surface area contributed by atoms with Crippen molar-refractivity contribution in [1.82, 2.24) is 14.9 Å². The SMILES string of the molecule is COC(OC)c1nc2c(cc1CN(C)C(=O)COC(C)=O)CCCN2C(=O)Nc1cc(OC(C)C)c(C#N)cn1. The van der Waals surface area contributed by atoms with E-state index in [1.807, 2.05) is 26.0 Å². The minimum Gasteiger partial charge on any atom is -0.489 e. The predicted molar refractivity (Wildman–Crippen MR) is 144 cm³/mol. The van der Waals surface area contributed by atoms with Crippen LogP contribution < -0.4 is 15.0 Å². The van der Waals surface area contributed by atoms with Crippen LogP contribution in [0.2, 0.25) is 0 Å². The molecule has 0 unspecified atom stereocenters. The number of carbonyl (C=O) groups is 3. The van der Waals surface area contributed by atoms with Crippen molar-refractivity contribution in [3.63, 3.8) is 0 Å². The van der Waals surface area contributed by atoms with Gasteiger partial charge in [0, 0.05) is 47.3 Å². The normalized spacial score (nSPS) is 12.5. The number of esters is 1. The number of aromatic nitrogens is 2. The van der Waals surface area contributed by atoms with E-state index in [4.69, 9.17) is 23.9 Å². The highest BCUT2D eigenvalue weighted by Crippen LogP contribution is 2.32. The maximum atomic E-state index is 13.4. The van der Waals surface area contributed by atoms with Gasteiger partial charge in [0.15, 0.2) is 6.61 Å². The second-order valence-electron chi connectivity index (χ2n) is 9.38. The van der Waals surface area contributed by atoms with Gasteiger partial charge in [-0.1, -0.05) is 0 Å². The molecule has 1 N–H and O–H groups in total. The monoisotopic (exact) mass is 554 g/mol. The molecule has 0 atom stereocenters. The molecular formula is C27H34N6O7. The first-order chi connectivity index (χ1) is 19.1. The molecule has 13 heteroatoms. The van der Waals surface area contributed by atoms with Crippen molar-refractivity contribution >= 4 is 29.5 Å². The summed E-state index contributed by atoms with van der Waals surface area (Å²) >= 11 is 0. The molecule has 2 aromatic rings. The number of hydrogen-bond acceptors (Lipinski definition) is 10. The molecule has 1 aliphatic heterocycles. The average molecular weight is 555 g/mol. The largest absolute Gasteiger partial charge is 0.489 e. The first-order valence-corrected chi connectivity index (χ1v) is 12.7. The first-order valence-electron chi connectivity index (χ1n) is 12.7. The average Bonchev–Trinajstić information content (AvgIpc) is 2.91. The Bertz CT molecular complexity index is 1290. The third kappa shape index (κ3) is 7.43. The number of amides is 3. The molecule has 0 bridgehead atoms. The molecule has 0 aromatic carbocycles. The molecule has 3 rings (SSSR count). The van der Waals surface area contributed by atoms with Gasteiger partial charge in [-0.2, -0.15) is 5.26 Å². The van der Waals surface area contributed by atoms with E-state index in [1.54, 1.807) is 7.05 Å². The molecule has 214 valence electrons. The van der Waals surface area contributed by atoms with Crippen LogP contribution in [0.3, 0.4) is 0 Å². The molecule has 0 spiro atoms. The second-order valence-corrected chi connectivity index (χ2v) is 9.38. The van der Waals surface area contributed by atoms with Crippen LogP contribution in [-0.2, 0) is 36.8 Å². The molecule has 0 saturated heterocycles. The standard InChI is InChI=1S/C27H34N6O7/c1-16(2)40-21-11-22(29-13-20(21)12-28)30-27(36)33-9-7-8-18-10-19(14-32(4)23(35)15-39-17(3)34)24(31-25(18)33)26(37-5)38-6/h10-11,13,16,26H,7-9,14-15H2,1-6H3,(H,29,30,36). The van der Waals surface area contributed by atoms with Crippen molar-refractivity contribution in [1.29, 1.82) is 5.26 Å². The van der Waals surface area contributed by atoms with Gasteiger partial charge in [0.1, 0.15) is 34.7 Å². The number of carbonyl (C=O) groups excluding carboxylic acids is 3. The lowest BCUT2D eigenvalue weighted by atomic mass is 10.0. The highest BCUT2D eigenvalue weighted by atomic mass is 16.7. The van der Waals surface area contributed by atoms with Crippen molar-refractivity contribution in [2.24, 2.45) is 0 Å². The Morgan fingerprint density at radius 3 is 2.58 bits per heavy atom. The fraction of sp³-hybridized carbons (Fsp3) is 0.481. The lowest BCUT2D eigenvalue weighted by Gasteiger charge is -2.31. The Morgan fingerprint density at radius 2 is 1.95 bits per heavy atom. The van der Waals surface area contributed by atoms with Gasteiger partial charge in [-0.15, -0.1) is 0 Å². The van der Waals surface area contributed by atoms with Gasteiger partial charge in [0.2, 0.25) is 6.29 Å². The van der Waals surface area contributed by atoms with Crippen LogP contribution in [0.1, 0.15) is 55.9 Å². The zero-order valence-corrected chi connectivity index (χ0v) is 23.5. The quantitative estimate of drug-likeness (QED) is 0.342. The van der Waals surface area contributed by atoms with Crippen molar-refractivity contribution in [3.8, 4) is 11.8 Å². The number of urea groups is 1. The second kappa shape index (κ2) is 13.7. The highest BCUT2D eigenvalue weighted by molar-refractivity contribution is 6.01. The summed E-state index contributed by atoms with van der Waals surface area (Å²) in [5.41, 5.74) is 2.14. The minimum absolute atomic E-state index is 0.152. The Hall–Kier alpha value is -4.28. The zero-order chi connectivity index (χ0) is 29.4. The lowest BCUT2D eigenvalue weighted by Crippen LogP contribution is -2.40. The number of hydrogen-bond donors (Lipinski definition) is 1. The Kier molecular flexibility index (Phi) is 10.4. The van der Waals surface area contributed by atoms with Gasteiger partial charge in [-0.3, -0.25) is 19.8 Å². The Balaban J connectivity index is 1.91. The van der Waals surface area contributed by atoms with Gasteiger partial charge in [-0.25, -0.2) is 14.8 Å². The van der Waals surface area contributed by atoms with E-state index in [9.17, 15) is 19.6 Å². The number of nitriles is 1. The third-order valence-corrected chi connectivity index (χ3v) is 5.99. The van der Waals surface area contributed by atoms with Gasteiger partial charge in [-0.05, 0) is 43.9 Å². The van der Waals surface area contributed by atoms with Crippen LogP contribution in [-0.4, -0.2) is 73.3 Å². The molecular weight excluding hydrogens is 520 g/mol. The van der Waals surface area contributed by atoms with Crippen LogP contribution in [0, 0.1) is 11.3 Å². The Labute approximate surface area is 233 Å². The summed E-state index contributed by atoms with van der Waals surface area (Å²) in [6.45, 7) is 5.09. The van der Waals surface area contributed by atoms with E-state index in [0.717, 1.165) is 5.56 Å². The third-order valence-electron chi connectivity index (χ3n) is 5.99. The van der Waals surface area contributed by atoms with E-state index in [1.165, 1.54) is 43.2 Å². The molecule has 40 heavy (non-hydrogen) atoms. The maximum absolute atomic E-state index is 13.4. The number of pyridine rings is 2. The summed E-state index contributed by atoms with van der Waals surface area (Å²) in [6.07, 6.45) is 1.66. The van der Waals surface area contributed by atoms with Crippen LogP contribution in [0.15, 0.2) is 18.3 Å². The molecule has 1 aliphatic rings. The van der Waals surface area contributed by atoms with Gasteiger partial charge >= 0.3 is 12.0 Å². The molecule has 2 aromatic heterocycles. The van der Waals surface area contributed by atoms with Crippen LogP contribution >= 0.6 is 0 Å². The number of likely N-dealkylation sites (N-methyl/N-ethyl adjacent to an activating group) is 1. The zero-order valence-electron chi connectivity index (χ0n) is 23.5. The number of rotatable bonds is 10. The molecule has 3 amide bonds. The number of nitrogens with one attached hydrogen (secondary N) is 1. The minimum atomic E-state index is -0.861. The van der Waals surface area contributed by atoms with E-state index in [-0.39, 0.29) is 36.5 Å². The summed E-state index contributed by atoms with van der Waals surface area (Å²) < 4.78 is 21.5.